The third-order valence-electron chi connectivity index (χ3n) is 3.57. The fourth-order valence-corrected chi connectivity index (χ4v) is 4.07. The summed E-state index contributed by atoms with van der Waals surface area (Å²) in [5.41, 5.74) is 0.803. The summed E-state index contributed by atoms with van der Waals surface area (Å²) in [4.78, 5) is 14.6. The summed E-state index contributed by atoms with van der Waals surface area (Å²) < 4.78 is 1.94. The van der Waals surface area contributed by atoms with E-state index in [0.29, 0.717) is 0 Å². The molecule has 4 rings (SSSR count). The Morgan fingerprint density at radius 2 is 2.08 bits per heavy atom. The highest BCUT2D eigenvalue weighted by molar-refractivity contribution is 7.99. The van der Waals surface area contributed by atoms with Crippen LogP contribution in [0.1, 0.15) is 12.7 Å². The first-order chi connectivity index (χ1) is 11.8. The van der Waals surface area contributed by atoms with E-state index in [0.717, 1.165) is 44.2 Å². The van der Waals surface area contributed by atoms with Crippen LogP contribution in [-0.4, -0.2) is 29.7 Å². The molecule has 0 aromatic carbocycles. The maximum atomic E-state index is 4.67. The molecule has 0 radical (unpaired) electrons. The average Bonchev–Trinajstić information content (AvgIpc) is 3.23. The minimum absolute atomic E-state index is 0.740. The highest BCUT2D eigenvalue weighted by Gasteiger charge is 2.16. The van der Waals surface area contributed by atoms with Gasteiger partial charge in [0, 0.05) is 25.1 Å². The second-order valence-electron chi connectivity index (χ2n) is 5.12. The highest BCUT2D eigenvalue weighted by Crippen LogP contribution is 2.33. The van der Waals surface area contributed by atoms with Gasteiger partial charge in [-0.1, -0.05) is 13.0 Å². The molecule has 4 heterocycles. The molecule has 0 aliphatic carbocycles. The van der Waals surface area contributed by atoms with Crippen LogP contribution in [0.3, 0.4) is 0 Å². The van der Waals surface area contributed by atoms with E-state index in [2.05, 4.69) is 38.1 Å². The van der Waals surface area contributed by atoms with Gasteiger partial charge < -0.3 is 4.57 Å². The molecule has 0 bridgehead atoms. The van der Waals surface area contributed by atoms with E-state index in [1.54, 1.807) is 17.5 Å². The Kier molecular flexibility index (Phi) is 3.99. The Balaban J connectivity index is 1.74. The lowest BCUT2D eigenvalue weighted by molar-refractivity contribution is 0.790. The van der Waals surface area contributed by atoms with E-state index < -0.39 is 0 Å². The fraction of sp³-hybridized carbons (Fsp3) is 0.188. The molecule has 0 saturated carbocycles. The number of pyridine rings is 1. The van der Waals surface area contributed by atoms with Crippen molar-refractivity contribution in [2.45, 2.75) is 23.5 Å². The van der Waals surface area contributed by atoms with Crippen LogP contribution >= 0.6 is 23.1 Å². The smallest absolute Gasteiger partial charge is 0.197 e. The lowest BCUT2D eigenvalue weighted by atomic mass is 10.3. The SMILES string of the molecule is CCc1nc(Sc2nnc(-c3ccccn3)n2C)c2ccsc2n1. The summed E-state index contributed by atoms with van der Waals surface area (Å²) in [6.45, 7) is 2.06. The minimum atomic E-state index is 0.740. The molecule has 0 aliphatic rings. The van der Waals surface area contributed by atoms with Crippen molar-refractivity contribution in [2.75, 3.05) is 0 Å². The van der Waals surface area contributed by atoms with Gasteiger partial charge in [-0.3, -0.25) is 4.98 Å². The zero-order chi connectivity index (χ0) is 16.5. The molecule has 0 amide bonds. The standard InChI is InChI=1S/C16H14N6S2/c1-3-12-18-14-10(7-9-23-14)15(19-12)24-16-21-20-13(22(16)2)11-6-4-5-8-17-11/h4-9H,3H2,1-2H3. The quantitative estimate of drug-likeness (QED) is 0.522. The topological polar surface area (TPSA) is 69.4 Å². The van der Waals surface area contributed by atoms with Crippen molar-refractivity contribution in [3.8, 4) is 11.5 Å². The number of nitrogens with zero attached hydrogens (tertiary/aromatic N) is 6. The maximum Gasteiger partial charge on any atom is 0.197 e. The van der Waals surface area contributed by atoms with E-state index >= 15 is 0 Å². The summed E-state index contributed by atoms with van der Waals surface area (Å²) in [5.74, 6) is 1.59. The fourth-order valence-electron chi connectivity index (χ4n) is 2.31. The molecule has 0 N–H and O–H groups in total. The molecule has 24 heavy (non-hydrogen) atoms. The van der Waals surface area contributed by atoms with Crippen LogP contribution < -0.4 is 0 Å². The van der Waals surface area contributed by atoms with Crippen LogP contribution in [0.5, 0.6) is 0 Å². The van der Waals surface area contributed by atoms with Crippen molar-refractivity contribution < 1.29 is 0 Å². The lowest BCUT2D eigenvalue weighted by Crippen LogP contribution is -1.98. The van der Waals surface area contributed by atoms with Gasteiger partial charge >= 0.3 is 0 Å². The normalized spacial score (nSPS) is 11.2. The van der Waals surface area contributed by atoms with E-state index in [-0.39, 0.29) is 0 Å². The first-order valence-electron chi connectivity index (χ1n) is 7.49. The van der Waals surface area contributed by atoms with Crippen LogP contribution in [0.2, 0.25) is 0 Å². The molecule has 0 saturated heterocycles. The minimum Gasteiger partial charge on any atom is -0.304 e. The van der Waals surface area contributed by atoms with Gasteiger partial charge in [-0.25, -0.2) is 9.97 Å². The Bertz CT molecular complexity index is 992. The number of hydrogen-bond acceptors (Lipinski definition) is 7. The molecule has 0 unspecified atom stereocenters. The molecule has 0 atom stereocenters. The molecule has 4 aromatic rings. The summed E-state index contributed by atoms with van der Waals surface area (Å²) in [6, 6.07) is 7.81. The molecule has 8 heteroatoms. The zero-order valence-electron chi connectivity index (χ0n) is 13.2. The molecule has 6 nitrogen and oxygen atoms in total. The third-order valence-corrected chi connectivity index (χ3v) is 5.42. The van der Waals surface area contributed by atoms with Crippen molar-refractivity contribution in [1.82, 2.24) is 29.7 Å². The Hall–Kier alpha value is -2.32. The number of thiophene rings is 1. The first-order valence-corrected chi connectivity index (χ1v) is 9.18. The second kappa shape index (κ2) is 6.29. The van der Waals surface area contributed by atoms with Crippen molar-refractivity contribution in [3.05, 3.63) is 41.7 Å². The van der Waals surface area contributed by atoms with Crippen LogP contribution in [0.4, 0.5) is 0 Å². The van der Waals surface area contributed by atoms with Gasteiger partial charge in [-0.2, -0.15) is 0 Å². The summed E-state index contributed by atoms with van der Waals surface area (Å²) in [5, 5.41) is 13.4. The summed E-state index contributed by atoms with van der Waals surface area (Å²) in [7, 11) is 1.94. The van der Waals surface area contributed by atoms with Gasteiger partial charge in [0.2, 0.25) is 0 Å². The Morgan fingerprint density at radius 3 is 2.88 bits per heavy atom. The molecular formula is C16H14N6S2. The number of aryl methyl sites for hydroxylation is 1. The summed E-state index contributed by atoms with van der Waals surface area (Å²) >= 11 is 3.14. The van der Waals surface area contributed by atoms with Gasteiger partial charge in [-0.05, 0) is 35.3 Å². The van der Waals surface area contributed by atoms with E-state index in [1.165, 1.54) is 11.8 Å². The van der Waals surface area contributed by atoms with E-state index in [9.17, 15) is 0 Å². The third kappa shape index (κ3) is 2.67. The monoisotopic (exact) mass is 354 g/mol. The van der Waals surface area contributed by atoms with E-state index in [1.807, 2.05) is 35.2 Å². The largest absolute Gasteiger partial charge is 0.304 e. The van der Waals surface area contributed by atoms with Gasteiger partial charge in [0.25, 0.3) is 0 Å². The number of rotatable bonds is 4. The summed E-state index contributed by atoms with van der Waals surface area (Å²) in [6.07, 6.45) is 2.56. The van der Waals surface area contributed by atoms with Gasteiger partial charge in [-0.15, -0.1) is 21.5 Å². The number of hydrogen-bond donors (Lipinski definition) is 0. The first kappa shape index (κ1) is 15.2. The molecule has 0 fully saturated rings. The van der Waals surface area contributed by atoms with E-state index in [4.69, 9.17) is 0 Å². The Morgan fingerprint density at radius 1 is 1.17 bits per heavy atom. The molecule has 0 aliphatic heterocycles. The van der Waals surface area contributed by atoms with Crippen LogP contribution in [0, 0.1) is 0 Å². The van der Waals surface area contributed by atoms with Crippen molar-refractivity contribution >= 4 is 33.3 Å². The van der Waals surface area contributed by atoms with Crippen LogP contribution in [-0.2, 0) is 13.5 Å². The Labute approximate surface area is 147 Å². The predicted molar refractivity (Wildman–Crippen MR) is 95.2 cm³/mol. The molecular weight excluding hydrogens is 340 g/mol. The van der Waals surface area contributed by atoms with Crippen molar-refractivity contribution in [1.29, 1.82) is 0 Å². The van der Waals surface area contributed by atoms with Crippen molar-refractivity contribution in [3.63, 3.8) is 0 Å². The van der Waals surface area contributed by atoms with Crippen LogP contribution in [0.25, 0.3) is 21.7 Å². The highest BCUT2D eigenvalue weighted by atomic mass is 32.2. The number of aromatic nitrogens is 6. The lowest BCUT2D eigenvalue weighted by Gasteiger charge is -2.05. The van der Waals surface area contributed by atoms with Gasteiger partial charge in [0.1, 0.15) is 21.4 Å². The van der Waals surface area contributed by atoms with Gasteiger partial charge in [0.15, 0.2) is 11.0 Å². The average molecular weight is 354 g/mol. The molecule has 0 spiro atoms. The van der Waals surface area contributed by atoms with Gasteiger partial charge in [0.05, 0.1) is 0 Å². The van der Waals surface area contributed by atoms with Crippen LogP contribution in [0.15, 0.2) is 46.0 Å². The predicted octanol–water partition coefficient (Wildman–Crippen LogP) is 3.60. The molecule has 4 aromatic heterocycles. The van der Waals surface area contributed by atoms with Crippen molar-refractivity contribution in [2.24, 2.45) is 7.05 Å². The maximum absolute atomic E-state index is 4.67. The molecule has 120 valence electrons. The second-order valence-corrected chi connectivity index (χ2v) is 6.97. The number of fused-ring (bicyclic) bond motifs is 1. The zero-order valence-corrected chi connectivity index (χ0v) is 14.8.